The van der Waals surface area contributed by atoms with Gasteiger partial charge in [-0.25, -0.2) is 0 Å². The van der Waals surface area contributed by atoms with E-state index in [1.807, 2.05) is 52.8 Å². The van der Waals surface area contributed by atoms with Crippen LogP contribution in [-0.2, 0) is 5.41 Å². The Morgan fingerprint density at radius 3 is 1.59 bits per heavy atom. The van der Waals surface area contributed by atoms with Crippen LogP contribution in [0.3, 0.4) is 0 Å². The Labute approximate surface area is 165 Å². The summed E-state index contributed by atoms with van der Waals surface area (Å²) in [7, 11) is -1.41. The highest BCUT2D eigenvalue weighted by Crippen LogP contribution is 2.45. The van der Waals surface area contributed by atoms with Crippen LogP contribution in [0.1, 0.15) is 76.2 Å². The van der Waals surface area contributed by atoms with Crippen LogP contribution in [0.2, 0.25) is 0 Å². The normalized spacial score (nSPS) is 12.7. The van der Waals surface area contributed by atoms with Gasteiger partial charge in [-0.3, -0.25) is 9.59 Å². The molecule has 0 N–H and O–H groups in total. The van der Waals surface area contributed by atoms with Gasteiger partial charge in [-0.2, -0.15) is 0 Å². The molecule has 0 aromatic heterocycles. The molecule has 0 bridgehead atoms. The summed E-state index contributed by atoms with van der Waals surface area (Å²) in [5.74, 6) is 0. The van der Waals surface area contributed by atoms with Crippen molar-refractivity contribution < 1.29 is 9.59 Å². The molecule has 144 valence electrons. The standard InChI is InChI=1S/C24H31O2P/c1-9-27(22(25)20-15(2)11-10-12-16(20)3)23(26)21-17(4)13-19(14-18(21)5)24(6,7)8/h10-14H,9H2,1-8H3. The van der Waals surface area contributed by atoms with E-state index in [0.717, 1.165) is 33.4 Å². The molecule has 27 heavy (non-hydrogen) atoms. The highest BCUT2D eigenvalue weighted by Gasteiger charge is 2.31. The highest BCUT2D eigenvalue weighted by molar-refractivity contribution is 7.90. The molecular formula is C24H31O2P. The molecule has 1 unspecified atom stereocenters. The lowest BCUT2D eigenvalue weighted by atomic mass is 9.84. The van der Waals surface area contributed by atoms with Crippen molar-refractivity contribution >= 4 is 19.0 Å². The van der Waals surface area contributed by atoms with Gasteiger partial charge < -0.3 is 0 Å². The lowest BCUT2D eigenvalue weighted by Crippen LogP contribution is -2.16. The third kappa shape index (κ3) is 4.38. The van der Waals surface area contributed by atoms with Crippen LogP contribution in [0.4, 0.5) is 0 Å². The minimum absolute atomic E-state index is 0.00629. The second-order valence-electron chi connectivity index (χ2n) is 8.36. The molecule has 0 aliphatic rings. The first kappa shape index (κ1) is 21.5. The maximum Gasteiger partial charge on any atom is 0.192 e. The van der Waals surface area contributed by atoms with Crippen LogP contribution in [0.15, 0.2) is 30.3 Å². The van der Waals surface area contributed by atoms with Crippen molar-refractivity contribution in [2.24, 2.45) is 0 Å². The summed E-state index contributed by atoms with van der Waals surface area (Å²) in [4.78, 5) is 26.7. The molecule has 0 aliphatic carbocycles. The molecule has 2 nitrogen and oxygen atoms in total. The van der Waals surface area contributed by atoms with Crippen molar-refractivity contribution in [2.45, 2.75) is 60.8 Å². The minimum Gasteiger partial charge on any atom is -0.289 e. The number of aryl methyl sites for hydroxylation is 4. The van der Waals surface area contributed by atoms with E-state index in [4.69, 9.17) is 0 Å². The van der Waals surface area contributed by atoms with Crippen LogP contribution in [0.5, 0.6) is 0 Å². The zero-order chi connectivity index (χ0) is 20.5. The van der Waals surface area contributed by atoms with E-state index in [9.17, 15) is 9.59 Å². The maximum atomic E-state index is 13.4. The molecule has 2 aromatic carbocycles. The topological polar surface area (TPSA) is 34.1 Å². The molecule has 0 spiro atoms. The fraction of sp³-hybridized carbons (Fsp3) is 0.417. The molecule has 2 rings (SSSR count). The van der Waals surface area contributed by atoms with Gasteiger partial charge >= 0.3 is 0 Å². The third-order valence-corrected chi connectivity index (χ3v) is 7.17. The molecule has 1 atom stereocenters. The highest BCUT2D eigenvalue weighted by atomic mass is 31.1. The Hall–Kier alpha value is -1.79. The van der Waals surface area contributed by atoms with Crippen molar-refractivity contribution in [1.82, 2.24) is 0 Å². The van der Waals surface area contributed by atoms with Gasteiger partial charge in [0, 0.05) is 19.0 Å². The van der Waals surface area contributed by atoms with Crippen LogP contribution in [0, 0.1) is 27.7 Å². The summed E-state index contributed by atoms with van der Waals surface area (Å²) in [6.45, 7) is 16.3. The average molecular weight is 382 g/mol. The van der Waals surface area contributed by atoms with Gasteiger partial charge in [0.2, 0.25) is 0 Å². The molecule has 0 amide bonds. The second-order valence-corrected chi connectivity index (χ2v) is 10.7. The number of carbonyl (C=O) groups excluding carboxylic acids is 2. The van der Waals surface area contributed by atoms with Crippen LogP contribution < -0.4 is 0 Å². The lowest BCUT2D eigenvalue weighted by Gasteiger charge is -2.23. The molecular weight excluding hydrogens is 351 g/mol. The van der Waals surface area contributed by atoms with E-state index in [-0.39, 0.29) is 16.5 Å². The van der Waals surface area contributed by atoms with Crippen molar-refractivity contribution in [3.8, 4) is 0 Å². The molecule has 0 aliphatic heterocycles. The molecule has 0 fully saturated rings. The second kappa shape index (κ2) is 8.07. The van der Waals surface area contributed by atoms with Crippen molar-refractivity contribution in [3.63, 3.8) is 0 Å². The molecule has 0 saturated heterocycles. The summed E-state index contributed by atoms with van der Waals surface area (Å²) in [6, 6.07) is 10.1. The van der Waals surface area contributed by atoms with Crippen LogP contribution in [-0.4, -0.2) is 17.2 Å². The fourth-order valence-corrected chi connectivity index (χ4v) is 5.54. The van der Waals surface area contributed by atoms with Crippen LogP contribution >= 0.6 is 7.92 Å². The Balaban J connectivity index is 2.50. The zero-order valence-corrected chi connectivity index (χ0v) is 18.8. The van der Waals surface area contributed by atoms with E-state index >= 15 is 0 Å². The van der Waals surface area contributed by atoms with Gasteiger partial charge in [-0.15, -0.1) is 0 Å². The van der Waals surface area contributed by atoms with Gasteiger partial charge in [0.05, 0.1) is 0 Å². The van der Waals surface area contributed by atoms with Crippen molar-refractivity contribution in [3.05, 3.63) is 69.3 Å². The van der Waals surface area contributed by atoms with Crippen molar-refractivity contribution in [1.29, 1.82) is 0 Å². The summed E-state index contributed by atoms with van der Waals surface area (Å²) < 4.78 is 0. The predicted molar refractivity (Wildman–Crippen MR) is 117 cm³/mol. The number of hydrogen-bond acceptors (Lipinski definition) is 2. The molecule has 0 saturated carbocycles. The summed E-state index contributed by atoms with van der Waals surface area (Å²) >= 11 is 0. The van der Waals surface area contributed by atoms with Gasteiger partial charge in [0.1, 0.15) is 0 Å². The van der Waals surface area contributed by atoms with Gasteiger partial charge in [0.25, 0.3) is 0 Å². The Morgan fingerprint density at radius 1 is 0.815 bits per heavy atom. The number of carbonyl (C=O) groups is 2. The summed E-state index contributed by atoms with van der Waals surface area (Å²) in [5, 5.41) is 0. The van der Waals surface area contributed by atoms with Gasteiger partial charge in [0.15, 0.2) is 11.0 Å². The predicted octanol–water partition coefficient (Wildman–Crippen LogP) is 6.70. The zero-order valence-electron chi connectivity index (χ0n) is 17.9. The molecule has 3 heteroatoms. The molecule has 2 aromatic rings. The van der Waals surface area contributed by atoms with E-state index in [0.29, 0.717) is 6.16 Å². The smallest absolute Gasteiger partial charge is 0.192 e. The lowest BCUT2D eigenvalue weighted by molar-refractivity contribution is 0.105. The first-order valence-electron chi connectivity index (χ1n) is 9.53. The van der Waals surface area contributed by atoms with Gasteiger partial charge in [-0.1, -0.05) is 58.0 Å². The first-order chi connectivity index (χ1) is 12.5. The SMILES string of the molecule is CCP(C(=O)c1c(C)cccc1C)C(=O)c1c(C)cc(C(C)(C)C)cc1C. The molecule has 0 radical (unpaired) electrons. The number of benzene rings is 2. The van der Waals surface area contributed by atoms with E-state index in [1.54, 1.807) is 0 Å². The largest absolute Gasteiger partial charge is 0.289 e. The first-order valence-corrected chi connectivity index (χ1v) is 11.1. The molecule has 0 heterocycles. The van der Waals surface area contributed by atoms with Gasteiger partial charge in [-0.05, 0) is 67.1 Å². The van der Waals surface area contributed by atoms with E-state index in [2.05, 4.69) is 32.9 Å². The maximum absolute atomic E-state index is 13.4. The number of rotatable bonds is 5. The quantitative estimate of drug-likeness (QED) is 0.539. The Morgan fingerprint density at radius 2 is 1.22 bits per heavy atom. The summed E-state index contributed by atoms with van der Waals surface area (Å²) in [6.07, 6.45) is 0.570. The van der Waals surface area contributed by atoms with Crippen LogP contribution in [0.25, 0.3) is 0 Å². The third-order valence-electron chi connectivity index (χ3n) is 5.11. The minimum atomic E-state index is -1.41. The Bertz CT molecular complexity index is 844. The number of hydrogen-bond donors (Lipinski definition) is 0. The monoisotopic (exact) mass is 382 g/mol. The van der Waals surface area contributed by atoms with Crippen molar-refractivity contribution in [2.75, 3.05) is 6.16 Å². The average Bonchev–Trinajstić information content (AvgIpc) is 2.53. The summed E-state index contributed by atoms with van der Waals surface area (Å²) in [5.41, 5.74) is 6.56. The van der Waals surface area contributed by atoms with E-state index in [1.165, 1.54) is 5.56 Å². The van der Waals surface area contributed by atoms with E-state index < -0.39 is 7.92 Å². The Kier molecular flexibility index (Phi) is 6.43. The fourth-order valence-electron chi connectivity index (χ4n) is 3.54.